The van der Waals surface area contributed by atoms with Crippen molar-refractivity contribution in [3.05, 3.63) is 48.7 Å². The topological polar surface area (TPSA) is 138 Å². The lowest BCUT2D eigenvalue weighted by Crippen LogP contribution is -2.24. The summed E-state index contributed by atoms with van der Waals surface area (Å²) in [6, 6.07) is 12.1. The van der Waals surface area contributed by atoms with Crippen LogP contribution in [0.5, 0.6) is 5.88 Å². The van der Waals surface area contributed by atoms with Gasteiger partial charge in [0.1, 0.15) is 0 Å². The van der Waals surface area contributed by atoms with Crippen molar-refractivity contribution >= 4 is 17.6 Å². The summed E-state index contributed by atoms with van der Waals surface area (Å²) in [6.45, 7) is -0.606. The van der Waals surface area contributed by atoms with Crippen LogP contribution in [-0.2, 0) is 4.74 Å². The van der Waals surface area contributed by atoms with Gasteiger partial charge < -0.3 is 24.6 Å². The second-order valence-electron chi connectivity index (χ2n) is 7.01. The molecule has 0 amide bonds. The first kappa shape index (κ1) is 23.8. The summed E-state index contributed by atoms with van der Waals surface area (Å²) in [4.78, 5) is 22.7. The molecule has 14 heteroatoms. The Labute approximate surface area is 196 Å². The number of nitrogens with zero attached hydrogens (tertiary/aromatic N) is 7. The molecule has 0 bridgehead atoms. The van der Waals surface area contributed by atoms with E-state index < -0.39 is 12.8 Å². The van der Waals surface area contributed by atoms with Gasteiger partial charge in [-0.15, -0.1) is 0 Å². The second-order valence-corrected chi connectivity index (χ2v) is 7.01. The zero-order chi connectivity index (χ0) is 24.8. The molecule has 0 fully saturated rings. The fraction of sp³-hybridized carbons (Fsp3) is 0.238. The summed E-state index contributed by atoms with van der Waals surface area (Å²) in [5.41, 5.74) is 7.10. The number of anilines is 3. The van der Waals surface area contributed by atoms with E-state index >= 15 is 0 Å². The van der Waals surface area contributed by atoms with Crippen molar-refractivity contribution in [2.45, 2.75) is 6.18 Å². The molecule has 0 saturated heterocycles. The first-order valence-electron chi connectivity index (χ1n) is 10.2. The van der Waals surface area contributed by atoms with Gasteiger partial charge in [0.2, 0.25) is 29.4 Å². The van der Waals surface area contributed by atoms with Crippen molar-refractivity contribution in [2.75, 3.05) is 37.5 Å². The molecule has 182 valence electrons. The third-order valence-electron chi connectivity index (χ3n) is 4.46. The van der Waals surface area contributed by atoms with Crippen molar-refractivity contribution in [3.8, 4) is 29.0 Å². The van der Waals surface area contributed by atoms with Gasteiger partial charge in [-0.1, -0.05) is 23.4 Å². The number of pyridine rings is 1. The Morgan fingerprint density at radius 1 is 1.00 bits per heavy atom. The molecule has 0 radical (unpaired) electrons. The van der Waals surface area contributed by atoms with Gasteiger partial charge in [-0.05, 0) is 18.2 Å². The van der Waals surface area contributed by atoms with Crippen molar-refractivity contribution in [1.29, 1.82) is 0 Å². The van der Waals surface area contributed by atoms with Crippen LogP contribution in [0.15, 0.2) is 53.2 Å². The molecule has 0 atom stereocenters. The minimum atomic E-state index is -4.47. The Kier molecular flexibility index (Phi) is 7.01. The number of halogens is 3. The number of nitrogens with two attached hydrogens (primary N) is 1. The smallest absolute Gasteiger partial charge is 0.422 e. The van der Waals surface area contributed by atoms with Crippen molar-refractivity contribution < 1.29 is 27.2 Å². The second kappa shape index (κ2) is 10.3. The van der Waals surface area contributed by atoms with Gasteiger partial charge in [0.05, 0.1) is 12.2 Å². The third kappa shape index (κ3) is 6.17. The van der Waals surface area contributed by atoms with E-state index in [2.05, 4.69) is 34.8 Å². The predicted molar refractivity (Wildman–Crippen MR) is 118 cm³/mol. The number of hydrogen-bond acceptors (Lipinski definition) is 11. The van der Waals surface area contributed by atoms with Crippen LogP contribution in [0.2, 0.25) is 0 Å². The first-order valence-corrected chi connectivity index (χ1v) is 10.2. The molecule has 0 aliphatic rings. The number of nitrogen functional groups attached to an aromatic ring is 1. The predicted octanol–water partition coefficient (Wildman–Crippen LogP) is 3.29. The van der Waals surface area contributed by atoms with E-state index in [4.69, 9.17) is 15.0 Å². The van der Waals surface area contributed by atoms with Crippen LogP contribution in [0.3, 0.4) is 0 Å². The van der Waals surface area contributed by atoms with Crippen molar-refractivity contribution in [3.63, 3.8) is 0 Å². The quantitative estimate of drug-likeness (QED) is 0.371. The molecule has 4 rings (SSSR count). The van der Waals surface area contributed by atoms with Crippen LogP contribution in [0.4, 0.5) is 30.8 Å². The minimum Gasteiger partial charge on any atom is -0.468 e. The minimum absolute atomic E-state index is 0.0347. The lowest BCUT2D eigenvalue weighted by atomic mass is 10.3. The SMILES string of the molecule is COCCN(c1ccccc1)c1nc(N)nc(-c2noc(-c3ccc(OCC(F)(F)F)nc3)n2)n1. The lowest BCUT2D eigenvalue weighted by molar-refractivity contribution is -0.154. The Bertz CT molecular complexity index is 1250. The fourth-order valence-corrected chi connectivity index (χ4v) is 2.92. The number of alkyl halides is 3. The zero-order valence-electron chi connectivity index (χ0n) is 18.3. The van der Waals surface area contributed by atoms with E-state index in [0.29, 0.717) is 18.7 Å². The zero-order valence-corrected chi connectivity index (χ0v) is 18.3. The normalized spacial score (nSPS) is 11.4. The van der Waals surface area contributed by atoms with E-state index in [0.717, 1.165) is 5.69 Å². The number of methoxy groups -OCH3 is 1. The summed E-state index contributed by atoms with van der Waals surface area (Å²) >= 11 is 0. The van der Waals surface area contributed by atoms with Crippen molar-refractivity contribution in [1.82, 2.24) is 30.1 Å². The summed E-state index contributed by atoms with van der Waals surface area (Å²) in [7, 11) is 1.58. The van der Waals surface area contributed by atoms with Gasteiger partial charge in [0.25, 0.3) is 5.89 Å². The lowest BCUT2D eigenvalue weighted by Gasteiger charge is -2.22. The Balaban J connectivity index is 1.58. The maximum Gasteiger partial charge on any atom is 0.422 e. The van der Waals surface area contributed by atoms with Crippen LogP contribution in [0.1, 0.15) is 0 Å². The molecule has 35 heavy (non-hydrogen) atoms. The standard InChI is InChI=1S/C21H19F3N8O3/c1-33-10-9-32(14-5-3-2-4-6-14)20-29-16(28-19(25)30-20)17-27-18(35-31-17)13-7-8-15(26-11-13)34-12-21(22,23)24/h2-8,11H,9-10,12H2,1H3,(H2,25,28,29,30). The van der Waals surface area contributed by atoms with Crippen LogP contribution in [-0.4, -0.2) is 63.1 Å². The van der Waals surface area contributed by atoms with Crippen LogP contribution >= 0.6 is 0 Å². The van der Waals surface area contributed by atoms with Crippen LogP contribution in [0.25, 0.3) is 23.1 Å². The average Bonchev–Trinajstić information content (AvgIpc) is 3.34. The van der Waals surface area contributed by atoms with Gasteiger partial charge in [-0.3, -0.25) is 0 Å². The van der Waals surface area contributed by atoms with E-state index in [9.17, 15) is 13.2 Å². The molecule has 11 nitrogen and oxygen atoms in total. The first-order chi connectivity index (χ1) is 16.8. The Morgan fingerprint density at radius 2 is 1.80 bits per heavy atom. The highest BCUT2D eigenvalue weighted by Crippen LogP contribution is 2.26. The number of hydrogen-bond donors (Lipinski definition) is 1. The monoisotopic (exact) mass is 488 g/mol. The van der Waals surface area contributed by atoms with Gasteiger partial charge in [0, 0.05) is 31.6 Å². The van der Waals surface area contributed by atoms with Gasteiger partial charge in [-0.25, -0.2) is 4.98 Å². The van der Waals surface area contributed by atoms with Crippen LogP contribution < -0.4 is 15.4 Å². The molecule has 0 aliphatic carbocycles. The summed E-state index contributed by atoms with van der Waals surface area (Å²) < 4.78 is 51.9. The van der Waals surface area contributed by atoms with Gasteiger partial charge in [-0.2, -0.15) is 33.1 Å². The number of rotatable bonds is 9. The van der Waals surface area contributed by atoms with Crippen LogP contribution in [0, 0.1) is 0 Å². The molecule has 0 saturated carbocycles. The Hall–Kier alpha value is -4.33. The van der Waals surface area contributed by atoms with E-state index in [-0.39, 0.29) is 35.3 Å². The van der Waals surface area contributed by atoms with E-state index in [1.807, 2.05) is 30.3 Å². The molecule has 2 N–H and O–H groups in total. The highest BCUT2D eigenvalue weighted by Gasteiger charge is 2.28. The number of ether oxygens (including phenoxy) is 2. The number of para-hydroxylation sites is 1. The number of aromatic nitrogens is 6. The molecule has 4 aromatic rings. The van der Waals surface area contributed by atoms with E-state index in [1.165, 1.54) is 18.3 Å². The molecular formula is C21H19F3N8O3. The maximum atomic E-state index is 12.3. The highest BCUT2D eigenvalue weighted by molar-refractivity contribution is 5.61. The summed E-state index contributed by atoms with van der Waals surface area (Å²) in [5.74, 6) is 0.163. The van der Waals surface area contributed by atoms with Gasteiger partial charge >= 0.3 is 6.18 Å². The average molecular weight is 488 g/mol. The fourth-order valence-electron chi connectivity index (χ4n) is 2.92. The molecular weight excluding hydrogens is 469 g/mol. The largest absolute Gasteiger partial charge is 0.468 e. The third-order valence-corrected chi connectivity index (χ3v) is 4.46. The molecule has 0 spiro atoms. The molecule has 3 aromatic heterocycles. The molecule has 0 unspecified atom stereocenters. The van der Waals surface area contributed by atoms with E-state index in [1.54, 1.807) is 12.0 Å². The highest BCUT2D eigenvalue weighted by atomic mass is 19.4. The number of benzene rings is 1. The molecule has 0 aliphatic heterocycles. The molecule has 3 heterocycles. The Morgan fingerprint density at radius 3 is 2.49 bits per heavy atom. The van der Waals surface area contributed by atoms with Crippen molar-refractivity contribution in [2.24, 2.45) is 0 Å². The molecule has 1 aromatic carbocycles. The maximum absolute atomic E-state index is 12.3. The van der Waals surface area contributed by atoms with Gasteiger partial charge in [0.15, 0.2) is 6.61 Å². The summed E-state index contributed by atoms with van der Waals surface area (Å²) in [5, 5.41) is 3.88. The summed E-state index contributed by atoms with van der Waals surface area (Å²) in [6.07, 6.45) is -3.22.